The fraction of sp³-hybridized carbons (Fsp3) is 0.214. The minimum absolute atomic E-state index is 0.146. The van der Waals surface area contributed by atoms with Crippen molar-refractivity contribution in [2.45, 2.75) is 12.1 Å². The standard InChI is InChI=1S/C14H15N3O3S/c1-9(18)17-21-14-15-7-11(8-16-14)10-4-5-12(19-2)13(6-10)20-3/h4-8H,1-3H3,(H,17,18). The fourth-order valence-electron chi connectivity index (χ4n) is 1.65. The molecule has 0 atom stereocenters. The third-order valence-corrected chi connectivity index (χ3v) is 3.41. The van der Waals surface area contributed by atoms with E-state index in [2.05, 4.69) is 14.7 Å². The molecule has 110 valence electrons. The second-order valence-corrected chi connectivity index (χ2v) is 4.86. The number of amides is 1. The lowest BCUT2D eigenvalue weighted by Gasteiger charge is -2.09. The SMILES string of the molecule is COc1ccc(-c2cnc(SNC(C)=O)nc2)cc1OC. The molecule has 0 saturated heterocycles. The third kappa shape index (κ3) is 3.85. The van der Waals surface area contributed by atoms with Crippen molar-refractivity contribution in [2.75, 3.05) is 14.2 Å². The first-order chi connectivity index (χ1) is 10.1. The first kappa shape index (κ1) is 15.1. The van der Waals surface area contributed by atoms with E-state index in [1.165, 1.54) is 6.92 Å². The van der Waals surface area contributed by atoms with Gasteiger partial charge in [0, 0.05) is 36.8 Å². The second-order valence-electron chi connectivity index (χ2n) is 4.08. The summed E-state index contributed by atoms with van der Waals surface area (Å²) in [6.45, 7) is 1.44. The van der Waals surface area contributed by atoms with E-state index >= 15 is 0 Å². The number of rotatable bonds is 5. The molecule has 1 aromatic heterocycles. The number of hydrogen-bond donors (Lipinski definition) is 1. The molecular weight excluding hydrogens is 290 g/mol. The zero-order chi connectivity index (χ0) is 15.2. The summed E-state index contributed by atoms with van der Waals surface area (Å²) in [6.07, 6.45) is 3.39. The molecule has 0 aliphatic rings. The maximum Gasteiger partial charge on any atom is 0.227 e. The average molecular weight is 305 g/mol. The van der Waals surface area contributed by atoms with Crippen molar-refractivity contribution >= 4 is 17.9 Å². The maximum absolute atomic E-state index is 10.8. The molecule has 0 fully saturated rings. The molecule has 0 spiro atoms. The van der Waals surface area contributed by atoms with Crippen LogP contribution in [0.5, 0.6) is 11.5 Å². The lowest BCUT2D eigenvalue weighted by atomic mass is 10.1. The first-order valence-corrected chi connectivity index (χ1v) is 6.93. The Morgan fingerprint density at radius 2 is 1.76 bits per heavy atom. The average Bonchev–Trinajstić information content (AvgIpc) is 2.52. The highest BCUT2D eigenvalue weighted by molar-refractivity contribution is 7.97. The van der Waals surface area contributed by atoms with E-state index in [1.807, 2.05) is 18.2 Å². The Morgan fingerprint density at radius 3 is 2.33 bits per heavy atom. The molecule has 0 unspecified atom stereocenters. The van der Waals surface area contributed by atoms with Crippen LogP contribution in [0.3, 0.4) is 0 Å². The molecule has 2 rings (SSSR count). The summed E-state index contributed by atoms with van der Waals surface area (Å²) >= 11 is 1.08. The Hall–Kier alpha value is -2.28. The molecule has 0 aliphatic heterocycles. The van der Waals surface area contributed by atoms with Gasteiger partial charge in [0.2, 0.25) is 11.1 Å². The second kappa shape index (κ2) is 6.94. The Bertz CT molecular complexity index is 632. The van der Waals surface area contributed by atoms with Crippen molar-refractivity contribution in [2.24, 2.45) is 0 Å². The van der Waals surface area contributed by atoms with Crippen LogP contribution < -0.4 is 14.2 Å². The molecule has 0 radical (unpaired) electrons. The van der Waals surface area contributed by atoms with Gasteiger partial charge < -0.3 is 9.47 Å². The van der Waals surface area contributed by atoms with E-state index in [0.717, 1.165) is 23.1 Å². The Morgan fingerprint density at radius 1 is 1.10 bits per heavy atom. The highest BCUT2D eigenvalue weighted by Gasteiger charge is 2.07. The van der Waals surface area contributed by atoms with Crippen molar-refractivity contribution in [3.8, 4) is 22.6 Å². The summed E-state index contributed by atoms with van der Waals surface area (Å²) in [6, 6.07) is 5.59. The van der Waals surface area contributed by atoms with Crippen molar-refractivity contribution in [1.29, 1.82) is 0 Å². The first-order valence-electron chi connectivity index (χ1n) is 6.12. The summed E-state index contributed by atoms with van der Waals surface area (Å²) < 4.78 is 13.0. The molecule has 0 aliphatic carbocycles. The molecule has 6 nitrogen and oxygen atoms in total. The quantitative estimate of drug-likeness (QED) is 0.675. The highest BCUT2D eigenvalue weighted by Crippen LogP contribution is 2.31. The zero-order valence-electron chi connectivity index (χ0n) is 11.9. The van der Waals surface area contributed by atoms with E-state index in [4.69, 9.17) is 9.47 Å². The predicted octanol–water partition coefficient (Wildman–Crippen LogP) is 2.30. The molecule has 1 aromatic carbocycles. The van der Waals surface area contributed by atoms with Gasteiger partial charge in [-0.05, 0) is 17.7 Å². The summed E-state index contributed by atoms with van der Waals surface area (Å²) in [5, 5.41) is 0.481. The van der Waals surface area contributed by atoms with E-state index < -0.39 is 0 Å². The van der Waals surface area contributed by atoms with Crippen LogP contribution in [-0.2, 0) is 4.79 Å². The van der Waals surface area contributed by atoms with E-state index in [9.17, 15) is 4.79 Å². The van der Waals surface area contributed by atoms with Crippen LogP contribution >= 0.6 is 11.9 Å². The van der Waals surface area contributed by atoms with Crippen LogP contribution in [-0.4, -0.2) is 30.1 Å². The van der Waals surface area contributed by atoms with Gasteiger partial charge in [-0.2, -0.15) is 0 Å². The van der Waals surface area contributed by atoms with Gasteiger partial charge in [0.05, 0.1) is 14.2 Å². The zero-order valence-corrected chi connectivity index (χ0v) is 12.7. The minimum atomic E-state index is -0.146. The van der Waals surface area contributed by atoms with Crippen LogP contribution in [0.15, 0.2) is 35.7 Å². The molecule has 1 N–H and O–H groups in total. The number of carbonyl (C=O) groups is 1. The summed E-state index contributed by atoms with van der Waals surface area (Å²) in [7, 11) is 3.18. The molecular formula is C14H15N3O3S. The number of aromatic nitrogens is 2. The third-order valence-electron chi connectivity index (χ3n) is 2.63. The molecule has 7 heteroatoms. The van der Waals surface area contributed by atoms with Gasteiger partial charge >= 0.3 is 0 Å². The van der Waals surface area contributed by atoms with E-state index in [0.29, 0.717) is 16.7 Å². The van der Waals surface area contributed by atoms with Gasteiger partial charge in [-0.25, -0.2) is 9.97 Å². The smallest absolute Gasteiger partial charge is 0.227 e. The lowest BCUT2D eigenvalue weighted by molar-refractivity contribution is -0.117. The highest BCUT2D eigenvalue weighted by atomic mass is 32.2. The number of methoxy groups -OCH3 is 2. The summed E-state index contributed by atoms with van der Waals surface area (Å²) in [5.41, 5.74) is 1.77. The minimum Gasteiger partial charge on any atom is -0.493 e. The Balaban J connectivity index is 2.20. The topological polar surface area (TPSA) is 73.3 Å². The normalized spacial score (nSPS) is 10.0. The fourth-order valence-corrected chi connectivity index (χ4v) is 2.10. The van der Waals surface area contributed by atoms with Crippen LogP contribution in [0, 0.1) is 0 Å². The van der Waals surface area contributed by atoms with Crippen LogP contribution in [0.2, 0.25) is 0 Å². The van der Waals surface area contributed by atoms with Crippen molar-refractivity contribution in [3.63, 3.8) is 0 Å². The number of benzene rings is 1. The maximum atomic E-state index is 10.8. The number of carbonyl (C=O) groups excluding carboxylic acids is 1. The van der Waals surface area contributed by atoms with Crippen LogP contribution in [0.1, 0.15) is 6.92 Å². The van der Waals surface area contributed by atoms with Gasteiger partial charge in [-0.1, -0.05) is 6.07 Å². The molecule has 1 heterocycles. The number of hydrogen-bond acceptors (Lipinski definition) is 6. The number of ether oxygens (including phenoxy) is 2. The van der Waals surface area contributed by atoms with E-state index in [1.54, 1.807) is 26.6 Å². The van der Waals surface area contributed by atoms with Crippen LogP contribution in [0.4, 0.5) is 0 Å². The van der Waals surface area contributed by atoms with Gasteiger partial charge in [0.15, 0.2) is 11.5 Å². The van der Waals surface area contributed by atoms with Crippen molar-refractivity contribution < 1.29 is 14.3 Å². The van der Waals surface area contributed by atoms with Gasteiger partial charge in [0.25, 0.3) is 0 Å². The van der Waals surface area contributed by atoms with Crippen LogP contribution in [0.25, 0.3) is 11.1 Å². The predicted molar refractivity (Wildman–Crippen MR) is 80.2 cm³/mol. The van der Waals surface area contributed by atoms with E-state index in [-0.39, 0.29) is 5.91 Å². The number of nitrogens with one attached hydrogen (secondary N) is 1. The monoisotopic (exact) mass is 305 g/mol. The Labute approximate surface area is 127 Å². The Kier molecular flexibility index (Phi) is 4.99. The molecule has 0 saturated carbocycles. The lowest BCUT2D eigenvalue weighted by Crippen LogP contribution is -2.10. The molecule has 0 bridgehead atoms. The van der Waals surface area contributed by atoms with Gasteiger partial charge in [-0.15, -0.1) is 0 Å². The number of nitrogens with zero attached hydrogens (tertiary/aromatic N) is 2. The summed E-state index contributed by atoms with van der Waals surface area (Å²) in [5.74, 6) is 1.17. The van der Waals surface area contributed by atoms with Gasteiger partial charge in [0.1, 0.15) is 0 Å². The molecule has 21 heavy (non-hydrogen) atoms. The summed E-state index contributed by atoms with van der Waals surface area (Å²) in [4.78, 5) is 19.2. The van der Waals surface area contributed by atoms with Gasteiger partial charge in [-0.3, -0.25) is 9.52 Å². The largest absolute Gasteiger partial charge is 0.493 e. The molecule has 1 amide bonds. The molecule has 2 aromatic rings. The van der Waals surface area contributed by atoms with Crippen molar-refractivity contribution in [3.05, 3.63) is 30.6 Å². The van der Waals surface area contributed by atoms with Crippen molar-refractivity contribution in [1.82, 2.24) is 14.7 Å².